The number of alkyl halides is 2. The highest BCUT2D eigenvalue weighted by molar-refractivity contribution is 5.32. The third-order valence-corrected chi connectivity index (χ3v) is 1.94. The molecule has 0 atom stereocenters. The molecule has 6 heteroatoms. The Morgan fingerprint density at radius 1 is 1.50 bits per heavy atom. The first kappa shape index (κ1) is 10.8. The summed E-state index contributed by atoms with van der Waals surface area (Å²) in [5.74, 6) is 0. The molecule has 0 spiro atoms. The van der Waals surface area contributed by atoms with Crippen LogP contribution in [0.1, 0.15) is 23.1 Å². The average Bonchev–Trinajstić information content (AvgIpc) is 2.16. The van der Waals surface area contributed by atoms with Crippen LogP contribution in [0, 0.1) is 0 Å². The van der Waals surface area contributed by atoms with Crippen LogP contribution >= 0.6 is 0 Å². The van der Waals surface area contributed by atoms with Crippen molar-refractivity contribution in [3.63, 3.8) is 0 Å². The summed E-state index contributed by atoms with van der Waals surface area (Å²) >= 11 is 0. The van der Waals surface area contributed by atoms with Gasteiger partial charge in [-0.05, 0) is 5.56 Å². The molecular formula is C8H10F2N2O2. The van der Waals surface area contributed by atoms with Gasteiger partial charge in [-0.1, -0.05) is 0 Å². The third kappa shape index (κ3) is 1.80. The SMILES string of the molecule is NCc1c(CO)c(C(F)F)c[nH]c1=O. The van der Waals surface area contributed by atoms with Gasteiger partial charge in [0.15, 0.2) is 0 Å². The fourth-order valence-electron chi connectivity index (χ4n) is 1.23. The molecule has 0 fully saturated rings. The number of rotatable bonds is 3. The maximum Gasteiger partial charge on any atom is 0.265 e. The monoisotopic (exact) mass is 204 g/mol. The molecular weight excluding hydrogens is 194 g/mol. The van der Waals surface area contributed by atoms with E-state index in [1.807, 2.05) is 0 Å². The van der Waals surface area contributed by atoms with E-state index < -0.39 is 18.6 Å². The molecule has 14 heavy (non-hydrogen) atoms. The maximum absolute atomic E-state index is 12.4. The lowest BCUT2D eigenvalue weighted by Gasteiger charge is -2.09. The summed E-state index contributed by atoms with van der Waals surface area (Å²) < 4.78 is 24.8. The first-order chi connectivity index (χ1) is 6.61. The minimum absolute atomic E-state index is 0.00491. The van der Waals surface area contributed by atoms with Gasteiger partial charge in [-0.2, -0.15) is 0 Å². The zero-order valence-electron chi connectivity index (χ0n) is 7.26. The smallest absolute Gasteiger partial charge is 0.265 e. The summed E-state index contributed by atoms with van der Waals surface area (Å²) in [5.41, 5.74) is 4.22. The summed E-state index contributed by atoms with van der Waals surface area (Å²) in [6.45, 7) is -0.790. The lowest BCUT2D eigenvalue weighted by Crippen LogP contribution is -2.20. The fraction of sp³-hybridized carbons (Fsp3) is 0.375. The topological polar surface area (TPSA) is 79.1 Å². The van der Waals surface area contributed by atoms with Crippen molar-refractivity contribution in [2.45, 2.75) is 19.6 Å². The molecule has 4 nitrogen and oxygen atoms in total. The van der Waals surface area contributed by atoms with Gasteiger partial charge < -0.3 is 15.8 Å². The van der Waals surface area contributed by atoms with Gasteiger partial charge in [0.2, 0.25) is 0 Å². The van der Waals surface area contributed by atoms with Crippen LogP contribution in [0.25, 0.3) is 0 Å². The van der Waals surface area contributed by atoms with Crippen LogP contribution in [-0.4, -0.2) is 10.1 Å². The maximum atomic E-state index is 12.4. The summed E-state index contributed by atoms with van der Waals surface area (Å²) in [7, 11) is 0. The lowest BCUT2D eigenvalue weighted by atomic mass is 10.1. The highest BCUT2D eigenvalue weighted by Gasteiger charge is 2.17. The summed E-state index contributed by atoms with van der Waals surface area (Å²) in [5, 5.41) is 8.86. The molecule has 4 N–H and O–H groups in total. The van der Waals surface area contributed by atoms with E-state index in [4.69, 9.17) is 10.8 Å². The predicted molar refractivity (Wildman–Crippen MR) is 45.8 cm³/mol. The van der Waals surface area contributed by atoms with Gasteiger partial charge in [-0.15, -0.1) is 0 Å². The second-order valence-electron chi connectivity index (χ2n) is 2.69. The molecule has 0 saturated carbocycles. The van der Waals surface area contributed by atoms with Crippen molar-refractivity contribution < 1.29 is 13.9 Å². The number of nitrogens with two attached hydrogens (primary N) is 1. The standard InChI is InChI=1S/C8H10F2N2O2/c9-7(10)5-2-12-8(14)4(1-11)6(5)3-13/h2,7,13H,1,3,11H2,(H,12,14). The van der Waals surface area contributed by atoms with Crippen LogP contribution in [0.3, 0.4) is 0 Å². The van der Waals surface area contributed by atoms with Crippen molar-refractivity contribution in [3.05, 3.63) is 33.2 Å². The van der Waals surface area contributed by atoms with Gasteiger partial charge in [-0.3, -0.25) is 4.79 Å². The van der Waals surface area contributed by atoms with Gasteiger partial charge in [0, 0.05) is 23.9 Å². The minimum atomic E-state index is -2.74. The zero-order chi connectivity index (χ0) is 10.7. The molecule has 1 aromatic heterocycles. The highest BCUT2D eigenvalue weighted by atomic mass is 19.3. The molecule has 0 saturated heterocycles. The van der Waals surface area contributed by atoms with Gasteiger partial charge in [-0.25, -0.2) is 8.78 Å². The molecule has 0 aromatic carbocycles. The number of aromatic amines is 1. The van der Waals surface area contributed by atoms with Crippen LogP contribution in [0.15, 0.2) is 11.0 Å². The second-order valence-corrected chi connectivity index (χ2v) is 2.69. The van der Waals surface area contributed by atoms with Gasteiger partial charge >= 0.3 is 0 Å². The molecule has 0 unspecified atom stereocenters. The van der Waals surface area contributed by atoms with E-state index in [1.165, 1.54) is 0 Å². The molecule has 0 bridgehead atoms. The Morgan fingerprint density at radius 2 is 2.14 bits per heavy atom. The number of pyridine rings is 1. The molecule has 0 radical (unpaired) electrons. The van der Waals surface area contributed by atoms with Crippen LogP contribution in [0.2, 0.25) is 0 Å². The number of H-pyrrole nitrogens is 1. The van der Waals surface area contributed by atoms with Gasteiger partial charge in [0.25, 0.3) is 12.0 Å². The van der Waals surface area contributed by atoms with Crippen molar-refractivity contribution >= 4 is 0 Å². The summed E-state index contributed by atoms with van der Waals surface area (Å²) in [6, 6.07) is 0. The van der Waals surface area contributed by atoms with E-state index in [0.29, 0.717) is 0 Å². The average molecular weight is 204 g/mol. The molecule has 1 heterocycles. The van der Waals surface area contributed by atoms with E-state index in [0.717, 1.165) is 6.20 Å². The molecule has 0 aliphatic carbocycles. The molecule has 1 aromatic rings. The van der Waals surface area contributed by atoms with E-state index >= 15 is 0 Å². The van der Waals surface area contributed by atoms with Crippen molar-refractivity contribution in [1.29, 1.82) is 0 Å². The summed E-state index contributed by atoms with van der Waals surface area (Å²) in [4.78, 5) is 13.3. The number of aromatic nitrogens is 1. The van der Waals surface area contributed by atoms with E-state index in [-0.39, 0.29) is 23.2 Å². The van der Waals surface area contributed by atoms with Gasteiger partial charge in [0.1, 0.15) is 0 Å². The number of nitrogens with one attached hydrogen (secondary N) is 1. The Bertz CT molecular complexity index is 376. The van der Waals surface area contributed by atoms with E-state index in [2.05, 4.69) is 4.98 Å². The molecule has 0 amide bonds. The largest absolute Gasteiger partial charge is 0.392 e. The quantitative estimate of drug-likeness (QED) is 0.660. The Morgan fingerprint density at radius 3 is 2.57 bits per heavy atom. The summed E-state index contributed by atoms with van der Waals surface area (Å²) in [6.07, 6.45) is -1.84. The third-order valence-electron chi connectivity index (χ3n) is 1.94. The lowest BCUT2D eigenvalue weighted by molar-refractivity contribution is 0.146. The number of hydrogen-bond acceptors (Lipinski definition) is 3. The Hall–Kier alpha value is -1.27. The first-order valence-corrected chi connectivity index (χ1v) is 3.94. The number of hydrogen-bond donors (Lipinski definition) is 3. The van der Waals surface area contributed by atoms with E-state index in [9.17, 15) is 13.6 Å². The highest BCUT2D eigenvalue weighted by Crippen LogP contribution is 2.22. The van der Waals surface area contributed by atoms with E-state index in [1.54, 1.807) is 0 Å². The number of halogens is 2. The number of aliphatic hydroxyl groups is 1. The minimum Gasteiger partial charge on any atom is -0.392 e. The molecule has 0 aliphatic heterocycles. The van der Waals surface area contributed by atoms with Crippen molar-refractivity contribution in [2.24, 2.45) is 5.73 Å². The Balaban J connectivity index is 3.40. The number of aliphatic hydroxyl groups excluding tert-OH is 1. The Kier molecular flexibility index (Phi) is 3.32. The fourth-order valence-corrected chi connectivity index (χ4v) is 1.23. The van der Waals surface area contributed by atoms with Crippen molar-refractivity contribution in [2.75, 3.05) is 0 Å². The van der Waals surface area contributed by atoms with Gasteiger partial charge in [0.05, 0.1) is 6.61 Å². The molecule has 0 aliphatic rings. The normalized spacial score (nSPS) is 10.9. The van der Waals surface area contributed by atoms with Crippen LogP contribution in [0.5, 0.6) is 0 Å². The predicted octanol–water partition coefficient (Wildman–Crippen LogP) is 0.264. The van der Waals surface area contributed by atoms with Crippen molar-refractivity contribution in [3.8, 4) is 0 Å². The van der Waals surface area contributed by atoms with Crippen LogP contribution in [-0.2, 0) is 13.2 Å². The van der Waals surface area contributed by atoms with Crippen LogP contribution < -0.4 is 11.3 Å². The molecule has 1 rings (SSSR count). The molecule has 78 valence electrons. The first-order valence-electron chi connectivity index (χ1n) is 3.94. The Labute approximate surface area is 78.4 Å². The van der Waals surface area contributed by atoms with Crippen LogP contribution in [0.4, 0.5) is 8.78 Å². The van der Waals surface area contributed by atoms with Crippen molar-refractivity contribution in [1.82, 2.24) is 4.98 Å². The second kappa shape index (κ2) is 4.30. The zero-order valence-corrected chi connectivity index (χ0v) is 7.26.